The molecule has 98 valence electrons. The van der Waals surface area contributed by atoms with Crippen LogP contribution < -0.4 is 5.32 Å². The van der Waals surface area contributed by atoms with Crippen molar-refractivity contribution in [3.05, 3.63) is 21.9 Å². The van der Waals surface area contributed by atoms with Crippen molar-refractivity contribution in [1.82, 2.24) is 5.32 Å². The van der Waals surface area contributed by atoms with Crippen molar-refractivity contribution >= 4 is 11.3 Å². The molecule has 0 aliphatic carbocycles. The Bertz CT molecular complexity index is 327. The molecule has 1 rings (SSSR count). The van der Waals surface area contributed by atoms with E-state index in [1.807, 2.05) is 11.3 Å². The van der Waals surface area contributed by atoms with E-state index in [0.29, 0.717) is 5.92 Å². The molecule has 0 amide bonds. The van der Waals surface area contributed by atoms with Gasteiger partial charge < -0.3 is 10.1 Å². The van der Waals surface area contributed by atoms with Crippen molar-refractivity contribution in [2.45, 2.75) is 39.7 Å². The van der Waals surface area contributed by atoms with Crippen molar-refractivity contribution in [2.24, 2.45) is 5.92 Å². The average Bonchev–Trinajstić information content (AvgIpc) is 2.66. The highest BCUT2D eigenvalue weighted by atomic mass is 32.1. The van der Waals surface area contributed by atoms with Crippen LogP contribution in [0.15, 0.2) is 12.1 Å². The number of thiophene rings is 1. The zero-order chi connectivity index (χ0) is 12.9. The quantitative estimate of drug-likeness (QED) is 0.841. The van der Waals surface area contributed by atoms with Crippen LogP contribution in [-0.2, 0) is 16.7 Å². The van der Waals surface area contributed by atoms with Gasteiger partial charge in [-0.25, -0.2) is 0 Å². The second kappa shape index (κ2) is 6.53. The molecule has 0 spiro atoms. The van der Waals surface area contributed by atoms with E-state index >= 15 is 0 Å². The average molecular weight is 255 g/mol. The normalized spacial score (nSPS) is 13.9. The fourth-order valence-electron chi connectivity index (χ4n) is 1.66. The Balaban J connectivity index is 2.35. The molecule has 1 aromatic heterocycles. The highest BCUT2D eigenvalue weighted by molar-refractivity contribution is 7.12. The predicted molar refractivity (Wildman–Crippen MR) is 75.8 cm³/mol. The minimum atomic E-state index is 0.270. The SMILES string of the molecule is COCC(C)CNCc1ccc(C(C)(C)C)s1. The summed E-state index contributed by atoms with van der Waals surface area (Å²) in [6, 6.07) is 4.49. The first-order valence-electron chi connectivity index (χ1n) is 6.22. The Hall–Kier alpha value is -0.380. The van der Waals surface area contributed by atoms with Gasteiger partial charge in [0.15, 0.2) is 0 Å². The molecule has 1 unspecified atom stereocenters. The minimum Gasteiger partial charge on any atom is -0.384 e. The minimum absolute atomic E-state index is 0.270. The molecule has 0 saturated heterocycles. The van der Waals surface area contributed by atoms with Gasteiger partial charge >= 0.3 is 0 Å². The number of hydrogen-bond donors (Lipinski definition) is 1. The fraction of sp³-hybridized carbons (Fsp3) is 0.714. The van der Waals surface area contributed by atoms with Gasteiger partial charge in [0.05, 0.1) is 0 Å². The summed E-state index contributed by atoms with van der Waals surface area (Å²) in [5.74, 6) is 0.571. The van der Waals surface area contributed by atoms with Crippen molar-refractivity contribution < 1.29 is 4.74 Å². The van der Waals surface area contributed by atoms with Gasteiger partial charge in [0, 0.05) is 36.6 Å². The zero-order valence-corrected chi connectivity index (χ0v) is 12.5. The van der Waals surface area contributed by atoms with Crippen LogP contribution in [-0.4, -0.2) is 20.3 Å². The van der Waals surface area contributed by atoms with Gasteiger partial charge in [0.2, 0.25) is 0 Å². The summed E-state index contributed by atoms with van der Waals surface area (Å²) in [6.45, 7) is 11.8. The lowest BCUT2D eigenvalue weighted by Crippen LogP contribution is -2.23. The van der Waals surface area contributed by atoms with Gasteiger partial charge in [0.1, 0.15) is 0 Å². The maximum Gasteiger partial charge on any atom is 0.0499 e. The number of hydrogen-bond acceptors (Lipinski definition) is 3. The number of nitrogens with one attached hydrogen (secondary N) is 1. The molecule has 0 saturated carbocycles. The van der Waals surface area contributed by atoms with E-state index in [1.54, 1.807) is 7.11 Å². The van der Waals surface area contributed by atoms with Gasteiger partial charge in [-0.05, 0) is 23.5 Å². The molecular formula is C14H25NOS. The molecule has 0 fully saturated rings. The Morgan fingerprint density at radius 2 is 2.06 bits per heavy atom. The number of ether oxygens (including phenoxy) is 1. The summed E-state index contributed by atoms with van der Waals surface area (Å²) >= 11 is 1.91. The van der Waals surface area contributed by atoms with Crippen LogP contribution in [0.2, 0.25) is 0 Å². The summed E-state index contributed by atoms with van der Waals surface area (Å²) in [4.78, 5) is 2.87. The van der Waals surface area contributed by atoms with E-state index in [1.165, 1.54) is 9.75 Å². The van der Waals surface area contributed by atoms with Crippen LogP contribution in [0.3, 0.4) is 0 Å². The maximum absolute atomic E-state index is 5.12. The van der Waals surface area contributed by atoms with Crippen LogP contribution in [0.4, 0.5) is 0 Å². The molecule has 3 heteroatoms. The van der Waals surface area contributed by atoms with Crippen LogP contribution >= 0.6 is 11.3 Å². The third kappa shape index (κ3) is 5.19. The third-order valence-corrected chi connectivity index (χ3v) is 4.16. The molecule has 2 nitrogen and oxygen atoms in total. The van der Waals surface area contributed by atoms with Gasteiger partial charge in [-0.15, -0.1) is 11.3 Å². The number of methoxy groups -OCH3 is 1. The molecule has 0 aromatic carbocycles. The molecular weight excluding hydrogens is 230 g/mol. The fourth-order valence-corrected chi connectivity index (χ4v) is 2.70. The largest absolute Gasteiger partial charge is 0.384 e. The molecule has 1 aromatic rings. The summed E-state index contributed by atoms with van der Waals surface area (Å²) in [6.07, 6.45) is 0. The molecule has 1 N–H and O–H groups in total. The van der Waals surface area contributed by atoms with E-state index in [4.69, 9.17) is 4.74 Å². The Morgan fingerprint density at radius 3 is 2.59 bits per heavy atom. The first-order chi connectivity index (χ1) is 7.93. The first kappa shape index (κ1) is 14.7. The second-order valence-electron chi connectivity index (χ2n) is 5.71. The van der Waals surface area contributed by atoms with E-state index in [0.717, 1.165) is 19.7 Å². The molecule has 0 radical (unpaired) electrons. The van der Waals surface area contributed by atoms with Crippen molar-refractivity contribution in [3.63, 3.8) is 0 Å². The first-order valence-corrected chi connectivity index (χ1v) is 7.04. The van der Waals surface area contributed by atoms with E-state index in [9.17, 15) is 0 Å². The topological polar surface area (TPSA) is 21.3 Å². The predicted octanol–water partition coefficient (Wildman–Crippen LogP) is 3.42. The van der Waals surface area contributed by atoms with Crippen LogP contribution in [0.5, 0.6) is 0 Å². The molecule has 1 heterocycles. The standard InChI is InChI=1S/C14H25NOS/c1-11(10-16-5)8-15-9-12-6-7-13(17-12)14(2,3)4/h6-7,11,15H,8-10H2,1-5H3. The van der Waals surface area contributed by atoms with Crippen molar-refractivity contribution in [1.29, 1.82) is 0 Å². The highest BCUT2D eigenvalue weighted by Crippen LogP contribution is 2.29. The Labute approximate surface area is 109 Å². The van der Waals surface area contributed by atoms with Gasteiger partial charge in [0.25, 0.3) is 0 Å². The van der Waals surface area contributed by atoms with Crippen molar-refractivity contribution in [3.8, 4) is 0 Å². The van der Waals surface area contributed by atoms with E-state index < -0.39 is 0 Å². The lowest BCUT2D eigenvalue weighted by Gasteiger charge is -2.15. The summed E-state index contributed by atoms with van der Waals surface area (Å²) in [7, 11) is 1.76. The van der Waals surface area contributed by atoms with Crippen LogP contribution in [0.1, 0.15) is 37.4 Å². The van der Waals surface area contributed by atoms with Crippen molar-refractivity contribution in [2.75, 3.05) is 20.3 Å². The highest BCUT2D eigenvalue weighted by Gasteiger charge is 2.15. The van der Waals surface area contributed by atoms with E-state index in [-0.39, 0.29) is 5.41 Å². The summed E-state index contributed by atoms with van der Waals surface area (Å²) < 4.78 is 5.12. The van der Waals surface area contributed by atoms with Crippen LogP contribution in [0.25, 0.3) is 0 Å². The summed E-state index contributed by atoms with van der Waals surface area (Å²) in [5.41, 5.74) is 0.270. The Morgan fingerprint density at radius 1 is 1.35 bits per heavy atom. The third-order valence-electron chi connectivity index (χ3n) is 2.64. The van der Waals surface area contributed by atoms with E-state index in [2.05, 4.69) is 45.1 Å². The smallest absolute Gasteiger partial charge is 0.0499 e. The number of rotatable bonds is 6. The molecule has 1 atom stereocenters. The maximum atomic E-state index is 5.12. The molecule has 17 heavy (non-hydrogen) atoms. The van der Waals surface area contributed by atoms with Crippen LogP contribution in [0, 0.1) is 5.92 Å². The van der Waals surface area contributed by atoms with Gasteiger partial charge in [-0.2, -0.15) is 0 Å². The van der Waals surface area contributed by atoms with Gasteiger partial charge in [-0.1, -0.05) is 27.7 Å². The zero-order valence-electron chi connectivity index (χ0n) is 11.7. The van der Waals surface area contributed by atoms with Gasteiger partial charge in [-0.3, -0.25) is 0 Å². The monoisotopic (exact) mass is 255 g/mol. The summed E-state index contributed by atoms with van der Waals surface area (Å²) in [5, 5.41) is 3.48. The Kier molecular flexibility index (Phi) is 5.63. The lowest BCUT2D eigenvalue weighted by atomic mass is 9.95. The molecule has 0 aliphatic rings. The molecule has 0 aliphatic heterocycles. The molecule has 0 bridgehead atoms. The lowest BCUT2D eigenvalue weighted by molar-refractivity contribution is 0.158. The second-order valence-corrected chi connectivity index (χ2v) is 6.88.